The Kier molecular flexibility index (Phi) is 7.04. The normalized spacial score (nSPS) is 19.0. The summed E-state index contributed by atoms with van der Waals surface area (Å²) in [5, 5.41) is 6.64. The van der Waals surface area contributed by atoms with Crippen LogP contribution in [-0.4, -0.2) is 56.4 Å². The monoisotopic (exact) mass is 445 g/mol. The first-order valence-electron chi connectivity index (χ1n) is 10.6. The Morgan fingerprint density at radius 3 is 2.71 bits per heavy atom. The molecule has 166 valence electrons. The van der Waals surface area contributed by atoms with Crippen LogP contribution in [-0.2, 0) is 6.61 Å². The number of carbonyl (C=O) groups excluding carboxylic acids is 1. The van der Waals surface area contributed by atoms with E-state index in [1.165, 1.54) is 0 Å². The van der Waals surface area contributed by atoms with E-state index in [0.29, 0.717) is 42.0 Å². The number of benzene rings is 2. The zero-order valence-electron chi connectivity index (χ0n) is 17.6. The topological polar surface area (TPSA) is 72.1 Å². The van der Waals surface area contributed by atoms with Gasteiger partial charge >= 0.3 is 6.03 Å². The smallest absolute Gasteiger partial charge is 0.315 e. The number of carbonyl (C=O) groups is 1. The van der Waals surface area contributed by atoms with Crippen molar-refractivity contribution in [2.24, 2.45) is 0 Å². The van der Waals surface area contributed by atoms with Gasteiger partial charge in [0.2, 0.25) is 0 Å². The number of halogens is 1. The molecule has 2 heterocycles. The maximum absolute atomic E-state index is 12.2. The Morgan fingerprint density at radius 1 is 1.16 bits per heavy atom. The second-order valence-corrected chi connectivity index (χ2v) is 8.44. The zero-order valence-corrected chi connectivity index (χ0v) is 18.4. The highest BCUT2D eigenvalue weighted by Crippen LogP contribution is 2.35. The first kappa shape index (κ1) is 21.6. The third kappa shape index (κ3) is 6.18. The SMILES string of the molecule is CN1CCC(NC(=O)NC[C@@H]2COc3ccc(OCc4ccc(Cl)cc4)cc3O2)CC1. The lowest BCUT2D eigenvalue weighted by Gasteiger charge is -2.30. The van der Waals surface area contributed by atoms with Crippen LogP contribution >= 0.6 is 11.6 Å². The van der Waals surface area contributed by atoms with E-state index in [9.17, 15) is 4.79 Å². The molecule has 2 N–H and O–H groups in total. The summed E-state index contributed by atoms with van der Waals surface area (Å²) in [5.74, 6) is 1.97. The molecule has 31 heavy (non-hydrogen) atoms. The predicted octanol–water partition coefficient (Wildman–Crippen LogP) is 3.45. The van der Waals surface area contributed by atoms with Crippen molar-refractivity contribution in [3.63, 3.8) is 0 Å². The standard InChI is InChI=1S/C23H28ClN3O4/c1-27-10-8-18(9-11-27)26-23(28)25-13-20-15-30-21-7-6-19(12-22(21)31-20)29-14-16-2-4-17(24)5-3-16/h2-7,12,18,20H,8-11,13-15H2,1H3,(H2,25,26,28)/t20-/m1/s1. The maximum Gasteiger partial charge on any atom is 0.315 e. The third-order valence-electron chi connectivity index (χ3n) is 5.50. The van der Waals surface area contributed by atoms with Crippen LogP contribution in [0.1, 0.15) is 18.4 Å². The van der Waals surface area contributed by atoms with Crippen LogP contribution in [0.4, 0.5) is 4.79 Å². The summed E-state index contributed by atoms with van der Waals surface area (Å²) >= 11 is 5.92. The molecule has 2 aromatic carbocycles. The summed E-state index contributed by atoms with van der Waals surface area (Å²) < 4.78 is 17.7. The fourth-order valence-corrected chi connectivity index (χ4v) is 3.76. The molecule has 8 heteroatoms. The minimum atomic E-state index is -0.262. The second kappa shape index (κ2) is 10.1. The van der Waals surface area contributed by atoms with Crippen molar-refractivity contribution in [1.82, 2.24) is 15.5 Å². The van der Waals surface area contributed by atoms with E-state index < -0.39 is 0 Å². The van der Waals surface area contributed by atoms with Gasteiger partial charge in [-0.2, -0.15) is 0 Å². The minimum absolute atomic E-state index is 0.163. The van der Waals surface area contributed by atoms with Gasteiger partial charge in [0.25, 0.3) is 0 Å². The maximum atomic E-state index is 12.2. The molecule has 0 saturated carbocycles. The fraction of sp³-hybridized carbons (Fsp3) is 0.435. The van der Waals surface area contributed by atoms with Crippen molar-refractivity contribution in [2.75, 3.05) is 33.3 Å². The largest absolute Gasteiger partial charge is 0.489 e. The number of fused-ring (bicyclic) bond motifs is 1. The zero-order chi connectivity index (χ0) is 21.6. The molecule has 1 fully saturated rings. The van der Waals surface area contributed by atoms with Gasteiger partial charge in [-0.05, 0) is 62.8 Å². The van der Waals surface area contributed by atoms with E-state index in [4.69, 9.17) is 25.8 Å². The summed E-state index contributed by atoms with van der Waals surface area (Å²) in [6, 6.07) is 13.1. The highest BCUT2D eigenvalue weighted by Gasteiger charge is 2.23. The van der Waals surface area contributed by atoms with Crippen molar-refractivity contribution < 1.29 is 19.0 Å². The highest BCUT2D eigenvalue weighted by atomic mass is 35.5. The molecule has 4 rings (SSSR count). The van der Waals surface area contributed by atoms with Gasteiger partial charge in [-0.25, -0.2) is 4.79 Å². The summed E-state index contributed by atoms with van der Waals surface area (Å²) in [6.45, 7) is 3.19. The highest BCUT2D eigenvalue weighted by molar-refractivity contribution is 6.30. The molecule has 2 aliphatic rings. The molecular formula is C23H28ClN3O4. The third-order valence-corrected chi connectivity index (χ3v) is 5.75. The van der Waals surface area contributed by atoms with E-state index >= 15 is 0 Å². The number of rotatable bonds is 6. The molecule has 0 aromatic heterocycles. The number of hydrogen-bond acceptors (Lipinski definition) is 5. The number of amides is 2. The van der Waals surface area contributed by atoms with Gasteiger partial charge in [-0.1, -0.05) is 23.7 Å². The molecule has 7 nitrogen and oxygen atoms in total. The van der Waals surface area contributed by atoms with Crippen molar-refractivity contribution in [1.29, 1.82) is 0 Å². The van der Waals surface area contributed by atoms with Crippen LogP contribution in [0, 0.1) is 0 Å². The molecule has 1 atom stereocenters. The molecule has 2 aromatic rings. The van der Waals surface area contributed by atoms with Crippen LogP contribution < -0.4 is 24.8 Å². The molecule has 0 aliphatic carbocycles. The average molecular weight is 446 g/mol. The van der Waals surface area contributed by atoms with Gasteiger partial charge in [0, 0.05) is 17.1 Å². The van der Waals surface area contributed by atoms with E-state index in [1.807, 2.05) is 42.5 Å². The van der Waals surface area contributed by atoms with Gasteiger partial charge in [-0.15, -0.1) is 0 Å². The van der Waals surface area contributed by atoms with Crippen LogP contribution in [0.2, 0.25) is 5.02 Å². The summed E-state index contributed by atoms with van der Waals surface area (Å²) in [7, 11) is 2.10. The summed E-state index contributed by atoms with van der Waals surface area (Å²) in [4.78, 5) is 14.5. The fourth-order valence-electron chi connectivity index (χ4n) is 3.63. The molecule has 1 saturated heterocycles. The Hall–Kier alpha value is -2.64. The van der Waals surface area contributed by atoms with Gasteiger partial charge in [-0.3, -0.25) is 0 Å². The Morgan fingerprint density at radius 2 is 1.94 bits per heavy atom. The molecule has 2 amide bonds. The number of urea groups is 1. The number of hydrogen-bond donors (Lipinski definition) is 2. The molecule has 0 unspecified atom stereocenters. The minimum Gasteiger partial charge on any atom is -0.489 e. The van der Waals surface area contributed by atoms with Crippen LogP contribution in [0.3, 0.4) is 0 Å². The molecule has 2 aliphatic heterocycles. The number of nitrogens with zero attached hydrogens (tertiary/aromatic N) is 1. The molecular weight excluding hydrogens is 418 g/mol. The van der Waals surface area contributed by atoms with Gasteiger partial charge in [0.15, 0.2) is 17.6 Å². The van der Waals surface area contributed by atoms with Crippen LogP contribution in [0.15, 0.2) is 42.5 Å². The van der Waals surface area contributed by atoms with Crippen molar-refractivity contribution in [3.8, 4) is 17.2 Å². The van der Waals surface area contributed by atoms with E-state index in [0.717, 1.165) is 31.5 Å². The average Bonchev–Trinajstić information content (AvgIpc) is 2.78. The Labute approximate surface area is 187 Å². The number of ether oxygens (including phenoxy) is 3. The molecule has 0 bridgehead atoms. The number of likely N-dealkylation sites (tertiary alicyclic amines) is 1. The summed E-state index contributed by atoms with van der Waals surface area (Å²) in [5.41, 5.74) is 1.02. The van der Waals surface area contributed by atoms with Crippen molar-refractivity contribution in [3.05, 3.63) is 53.1 Å². The quantitative estimate of drug-likeness (QED) is 0.712. The lowest BCUT2D eigenvalue weighted by molar-refractivity contribution is 0.0909. The van der Waals surface area contributed by atoms with Crippen LogP contribution in [0.25, 0.3) is 0 Å². The molecule has 0 radical (unpaired) electrons. The predicted molar refractivity (Wildman–Crippen MR) is 119 cm³/mol. The number of piperidine rings is 1. The van der Waals surface area contributed by atoms with Crippen molar-refractivity contribution >= 4 is 17.6 Å². The molecule has 0 spiro atoms. The van der Waals surface area contributed by atoms with Crippen LogP contribution in [0.5, 0.6) is 17.2 Å². The van der Waals surface area contributed by atoms with Crippen molar-refractivity contribution in [2.45, 2.75) is 31.6 Å². The van der Waals surface area contributed by atoms with E-state index in [1.54, 1.807) is 0 Å². The van der Waals surface area contributed by atoms with Gasteiger partial charge in [0.05, 0.1) is 6.54 Å². The number of nitrogens with one attached hydrogen (secondary N) is 2. The first-order chi connectivity index (χ1) is 15.0. The van der Waals surface area contributed by atoms with Gasteiger partial charge in [0.1, 0.15) is 19.0 Å². The van der Waals surface area contributed by atoms with E-state index in [-0.39, 0.29) is 18.2 Å². The lowest BCUT2D eigenvalue weighted by Crippen LogP contribution is -2.49. The first-order valence-corrected chi connectivity index (χ1v) is 11.0. The Balaban J connectivity index is 1.25. The second-order valence-electron chi connectivity index (χ2n) is 8.01. The van der Waals surface area contributed by atoms with E-state index in [2.05, 4.69) is 22.6 Å². The van der Waals surface area contributed by atoms with Gasteiger partial charge < -0.3 is 29.7 Å². The summed E-state index contributed by atoms with van der Waals surface area (Å²) in [6.07, 6.45) is 1.68. The Bertz CT molecular complexity index is 885. The lowest BCUT2D eigenvalue weighted by atomic mass is 10.1.